The number of aromatic nitrogens is 1. The van der Waals surface area contributed by atoms with Crippen molar-refractivity contribution in [3.05, 3.63) is 112 Å². The zero-order valence-corrected chi connectivity index (χ0v) is 29.3. The number of rotatable bonds is 6. The third kappa shape index (κ3) is 9.95. The van der Waals surface area contributed by atoms with Gasteiger partial charge in [-0.15, -0.1) is 0 Å². The molecule has 3 heterocycles. The second-order valence-electron chi connectivity index (χ2n) is 14.4. The van der Waals surface area contributed by atoms with Gasteiger partial charge in [0.05, 0.1) is 36.4 Å². The number of nitrogens with zero attached hydrogens (tertiary/aromatic N) is 5. The molecule has 2 aliphatic rings. The van der Waals surface area contributed by atoms with Crippen LogP contribution < -0.4 is 0 Å². The number of carbonyl (C=O) groups excluding carboxylic acids is 2. The predicted molar refractivity (Wildman–Crippen MR) is 179 cm³/mol. The first-order valence-electron chi connectivity index (χ1n) is 16.0. The van der Waals surface area contributed by atoms with Crippen molar-refractivity contribution in [2.24, 2.45) is 0 Å². The molecule has 2 amide bonds. The first-order valence-corrected chi connectivity index (χ1v) is 16.0. The molecule has 0 saturated carbocycles. The maximum Gasteiger partial charge on any atom is 2.00 e. The van der Waals surface area contributed by atoms with Crippen LogP contribution in [-0.4, -0.2) is 75.1 Å². The second kappa shape index (κ2) is 15.0. The zero-order chi connectivity index (χ0) is 33.0. The number of pyridine rings is 1. The molecule has 2 aromatic carbocycles. The number of hydrogen-bond acceptors (Lipinski definition) is 7. The number of fused-ring (bicyclic) bond motifs is 2. The van der Waals surface area contributed by atoms with Crippen molar-refractivity contribution >= 4 is 11.8 Å². The molecule has 1 radical (unpaired) electrons. The fraction of sp³-hybridized carbons (Fsp3) is 0.486. The van der Waals surface area contributed by atoms with Crippen molar-refractivity contribution in [3.8, 4) is 0 Å². The van der Waals surface area contributed by atoms with Crippen molar-refractivity contribution in [2.45, 2.75) is 90.1 Å². The van der Waals surface area contributed by atoms with Crippen LogP contribution in [0.25, 0.3) is 10.6 Å². The molecule has 4 atom stereocenters. The molecule has 9 nitrogen and oxygen atoms in total. The summed E-state index contributed by atoms with van der Waals surface area (Å²) in [6.45, 7) is 14.1. The van der Waals surface area contributed by atoms with Crippen molar-refractivity contribution < 1.29 is 36.1 Å². The van der Waals surface area contributed by atoms with Gasteiger partial charge in [0.1, 0.15) is 11.2 Å². The Bertz CT molecular complexity index is 1400. The smallest absolute Gasteiger partial charge is 0.645 e. The summed E-state index contributed by atoms with van der Waals surface area (Å²) in [5, 5.41) is 9.62. The van der Waals surface area contributed by atoms with Crippen LogP contribution in [0.3, 0.4) is 0 Å². The van der Waals surface area contributed by atoms with E-state index in [-0.39, 0.29) is 55.2 Å². The molecule has 0 fully saturated rings. The Balaban J connectivity index is 0.00000500. The molecule has 0 aliphatic carbocycles. The maximum atomic E-state index is 14.2. The Morgan fingerprint density at radius 3 is 1.36 bits per heavy atom. The van der Waals surface area contributed by atoms with E-state index in [1.54, 1.807) is 0 Å². The molecule has 0 saturated heterocycles. The van der Waals surface area contributed by atoms with Crippen LogP contribution in [0.15, 0.2) is 78.9 Å². The molecule has 255 valence electrons. The number of hydrogen-bond donors (Lipinski definition) is 0. The summed E-state index contributed by atoms with van der Waals surface area (Å²) < 4.78 is 13.0. The quantitative estimate of drug-likeness (QED) is 0.292. The molecule has 3 aromatic rings. The average molecular weight is 689 g/mol. The van der Waals surface area contributed by atoms with Crippen LogP contribution in [-0.2, 0) is 62.4 Å². The van der Waals surface area contributed by atoms with Gasteiger partial charge in [0.25, 0.3) is 0 Å². The molecule has 5 rings (SSSR count). The summed E-state index contributed by atoms with van der Waals surface area (Å²) in [5.41, 5.74) is -0.469. The summed E-state index contributed by atoms with van der Waals surface area (Å²) in [6.07, 6.45) is 0. The minimum Gasteiger partial charge on any atom is -0.645 e. The molecule has 0 spiro atoms. The molecular weight excluding hydrogens is 642 g/mol. The molecule has 1 aromatic heterocycles. The minimum atomic E-state index is -1.26. The van der Waals surface area contributed by atoms with Gasteiger partial charge in [0.15, 0.2) is 0 Å². The summed E-state index contributed by atoms with van der Waals surface area (Å²) in [5.74, 6) is -0.633. The summed E-state index contributed by atoms with van der Waals surface area (Å²) in [7, 11) is 0. The Hall–Kier alpha value is -3.11. The van der Waals surface area contributed by atoms with Gasteiger partial charge >= 0.3 is 17.1 Å². The van der Waals surface area contributed by atoms with Gasteiger partial charge in [-0.25, -0.2) is 0 Å². The molecule has 47 heavy (non-hydrogen) atoms. The standard InChI is InChI=1S/C37H49N5O4.Cu/c1-34(2)24-41-20-30-18-13-19-31(38-30)21-42(27-36(5,32(43)39-34)45-22-28-14-9-7-10-15-28)25-35(3,4)40-33(44)37(6,26-41)46-23-29-16-11-8-12-17-29;/h7-19H,20-27H2,1-6H3,(H2,39,40,43,44);/q;+2/p-2. The van der Waals surface area contributed by atoms with E-state index in [2.05, 4.69) is 9.80 Å². The van der Waals surface area contributed by atoms with E-state index in [1.807, 2.05) is 120 Å². The van der Waals surface area contributed by atoms with Crippen molar-refractivity contribution in [1.82, 2.24) is 14.8 Å². The molecule has 0 N–H and O–H groups in total. The Morgan fingerprint density at radius 2 is 0.979 bits per heavy atom. The van der Waals surface area contributed by atoms with Crippen LogP contribution in [0.4, 0.5) is 0 Å². The van der Waals surface area contributed by atoms with Gasteiger partial charge < -0.3 is 29.7 Å². The van der Waals surface area contributed by atoms with Crippen LogP contribution in [0.5, 0.6) is 0 Å². The minimum absolute atomic E-state index is 0. The van der Waals surface area contributed by atoms with Crippen molar-refractivity contribution in [1.29, 1.82) is 0 Å². The fourth-order valence-electron chi connectivity index (χ4n) is 6.29. The molecule has 4 unspecified atom stereocenters. The molecule has 10 heteroatoms. The van der Waals surface area contributed by atoms with E-state index in [4.69, 9.17) is 25.1 Å². The maximum absolute atomic E-state index is 14.2. The van der Waals surface area contributed by atoms with E-state index in [9.17, 15) is 9.59 Å². The van der Waals surface area contributed by atoms with Crippen molar-refractivity contribution in [2.75, 3.05) is 26.2 Å². The third-order valence-corrected chi connectivity index (χ3v) is 8.42. The third-order valence-electron chi connectivity index (χ3n) is 8.42. The Labute approximate surface area is 290 Å². The summed E-state index contributed by atoms with van der Waals surface area (Å²) >= 11 is 0. The van der Waals surface area contributed by atoms with E-state index in [1.165, 1.54) is 0 Å². The van der Waals surface area contributed by atoms with E-state index < -0.39 is 22.3 Å². The summed E-state index contributed by atoms with van der Waals surface area (Å²) in [4.78, 5) is 37.7. The Kier molecular flexibility index (Phi) is 11.7. The second-order valence-corrected chi connectivity index (χ2v) is 14.4. The zero-order valence-electron chi connectivity index (χ0n) is 28.3. The van der Waals surface area contributed by atoms with Gasteiger partial charge in [0.2, 0.25) is 0 Å². The molecular formula is C37H47CuN5O4. The number of amides is 2. The van der Waals surface area contributed by atoms with Crippen LogP contribution in [0.1, 0.15) is 64.1 Å². The number of ether oxygens (including phenoxy) is 2. The SMILES string of the molecule is CC1(C)CN2Cc3cccc(n3)CN(CC(C)(C)[N-]C(=O)C(C)(OCc3ccccc3)C2)CC(C)(OCc2ccccc2)C(=O)[N-]1.[Cu+2]. The first-order chi connectivity index (χ1) is 21.7. The average Bonchev–Trinajstić information content (AvgIpc) is 2.99. The number of carbonyl (C=O) groups is 2. The van der Waals surface area contributed by atoms with Gasteiger partial charge in [-0.3, -0.25) is 14.8 Å². The van der Waals surface area contributed by atoms with Crippen LogP contribution >= 0.6 is 0 Å². The number of benzene rings is 2. The normalized spacial score (nSPS) is 27.5. The predicted octanol–water partition coefficient (Wildman–Crippen LogP) is 6.02. The van der Waals surface area contributed by atoms with Gasteiger partial charge in [-0.2, -0.15) is 0 Å². The summed E-state index contributed by atoms with van der Waals surface area (Å²) in [6, 6.07) is 25.7. The topological polar surface area (TPSA) is 100 Å². The monoisotopic (exact) mass is 688 g/mol. The molecule has 2 aliphatic heterocycles. The van der Waals surface area contributed by atoms with Gasteiger partial charge in [-0.1, -0.05) is 106 Å². The van der Waals surface area contributed by atoms with E-state index in [0.29, 0.717) is 26.2 Å². The fourth-order valence-corrected chi connectivity index (χ4v) is 6.29. The molecule has 4 bridgehead atoms. The van der Waals surface area contributed by atoms with E-state index in [0.717, 1.165) is 22.5 Å². The van der Waals surface area contributed by atoms with Crippen LogP contribution in [0, 0.1) is 0 Å². The first kappa shape index (κ1) is 36.7. The van der Waals surface area contributed by atoms with E-state index >= 15 is 0 Å². The van der Waals surface area contributed by atoms with Gasteiger partial charge in [0, 0.05) is 26.2 Å². The Morgan fingerprint density at radius 1 is 0.596 bits per heavy atom. The van der Waals surface area contributed by atoms with Crippen LogP contribution in [0.2, 0.25) is 0 Å². The van der Waals surface area contributed by atoms with Crippen molar-refractivity contribution in [3.63, 3.8) is 0 Å². The largest absolute Gasteiger partial charge is 2.00 e. The van der Waals surface area contributed by atoms with Gasteiger partial charge in [-0.05, 0) is 50.2 Å².